The van der Waals surface area contributed by atoms with Gasteiger partial charge in [-0.1, -0.05) is 6.58 Å². The minimum atomic E-state index is -0.609. The van der Waals surface area contributed by atoms with Crippen molar-refractivity contribution in [2.45, 2.75) is 6.42 Å². The average molecular weight is 248 g/mol. The summed E-state index contributed by atoms with van der Waals surface area (Å²) in [5, 5.41) is 19.6. The number of rotatable bonds is 3. The molecule has 0 unspecified atom stereocenters. The Morgan fingerprint density at radius 1 is 1.44 bits per heavy atom. The number of ether oxygens (including phenoxy) is 1. The lowest BCUT2D eigenvalue weighted by Crippen LogP contribution is -2.02. The van der Waals surface area contributed by atoms with Crippen molar-refractivity contribution in [3.63, 3.8) is 0 Å². The van der Waals surface area contributed by atoms with E-state index in [2.05, 4.69) is 6.58 Å². The number of hydrogen-bond acceptors (Lipinski definition) is 5. The molecule has 0 saturated heterocycles. The molecule has 0 radical (unpaired) electrons. The zero-order valence-electron chi connectivity index (χ0n) is 9.77. The van der Waals surface area contributed by atoms with Crippen LogP contribution in [-0.4, -0.2) is 17.3 Å². The van der Waals surface area contributed by atoms with Crippen molar-refractivity contribution >= 4 is 11.0 Å². The van der Waals surface area contributed by atoms with Crippen LogP contribution < -0.4 is 5.63 Å². The Hall–Kier alpha value is -2.43. The first-order valence-corrected chi connectivity index (χ1v) is 5.22. The highest BCUT2D eigenvalue weighted by Gasteiger charge is 2.13. The van der Waals surface area contributed by atoms with Gasteiger partial charge >= 0.3 is 5.63 Å². The molecule has 18 heavy (non-hydrogen) atoms. The van der Waals surface area contributed by atoms with E-state index in [1.54, 1.807) is 6.07 Å². The number of phenols is 2. The van der Waals surface area contributed by atoms with Gasteiger partial charge in [0.15, 0.2) is 11.3 Å². The normalized spacial score (nSPS) is 10.5. The third-order valence-corrected chi connectivity index (χ3v) is 2.63. The molecular formula is C13H12O5. The van der Waals surface area contributed by atoms with Crippen LogP contribution in [0, 0.1) is 0 Å². The van der Waals surface area contributed by atoms with Gasteiger partial charge in [-0.2, -0.15) is 0 Å². The van der Waals surface area contributed by atoms with E-state index >= 15 is 0 Å². The highest BCUT2D eigenvalue weighted by Crippen LogP contribution is 2.34. The Bertz CT molecular complexity index is 669. The second-order valence-electron chi connectivity index (χ2n) is 3.82. The van der Waals surface area contributed by atoms with Crippen LogP contribution >= 0.6 is 0 Å². The Kier molecular flexibility index (Phi) is 2.97. The Balaban J connectivity index is 2.70. The van der Waals surface area contributed by atoms with Gasteiger partial charge in [-0.3, -0.25) is 0 Å². The van der Waals surface area contributed by atoms with Crippen LogP contribution in [0.15, 0.2) is 39.7 Å². The first-order valence-electron chi connectivity index (χ1n) is 5.22. The van der Waals surface area contributed by atoms with Gasteiger partial charge in [-0.15, -0.1) is 0 Å². The van der Waals surface area contributed by atoms with E-state index in [4.69, 9.17) is 9.15 Å². The number of aromatic hydroxyl groups is 2. The van der Waals surface area contributed by atoms with Gasteiger partial charge in [-0.25, -0.2) is 4.79 Å². The Labute approximate surface area is 103 Å². The molecule has 1 aromatic heterocycles. The first kappa shape index (κ1) is 12.0. The second-order valence-corrected chi connectivity index (χ2v) is 3.82. The molecule has 2 aromatic rings. The fourth-order valence-corrected chi connectivity index (χ4v) is 1.70. The monoisotopic (exact) mass is 248 g/mol. The van der Waals surface area contributed by atoms with Crippen molar-refractivity contribution < 1.29 is 19.4 Å². The summed E-state index contributed by atoms with van der Waals surface area (Å²) < 4.78 is 9.85. The van der Waals surface area contributed by atoms with Crippen molar-refractivity contribution in [1.82, 2.24) is 0 Å². The first-order chi connectivity index (χ1) is 8.52. The van der Waals surface area contributed by atoms with Gasteiger partial charge in [-0.05, 0) is 17.7 Å². The molecule has 0 aliphatic carbocycles. The topological polar surface area (TPSA) is 79.9 Å². The fourth-order valence-electron chi connectivity index (χ4n) is 1.70. The second kappa shape index (κ2) is 4.44. The summed E-state index contributed by atoms with van der Waals surface area (Å²) in [7, 11) is 1.49. The van der Waals surface area contributed by atoms with E-state index in [0.717, 1.165) is 0 Å². The maximum Gasteiger partial charge on any atom is 0.336 e. The number of fused-ring (bicyclic) bond motifs is 1. The predicted octanol–water partition coefficient (Wildman–Crippen LogP) is 1.91. The minimum absolute atomic E-state index is 0.0404. The van der Waals surface area contributed by atoms with E-state index in [1.165, 1.54) is 19.2 Å². The highest BCUT2D eigenvalue weighted by atomic mass is 16.5. The molecule has 0 saturated carbocycles. The highest BCUT2D eigenvalue weighted by molar-refractivity contribution is 5.87. The Morgan fingerprint density at radius 2 is 2.17 bits per heavy atom. The van der Waals surface area contributed by atoms with Gasteiger partial charge in [0.1, 0.15) is 0 Å². The quantitative estimate of drug-likeness (QED) is 0.492. The summed E-state index contributed by atoms with van der Waals surface area (Å²) in [6.45, 7) is 3.68. The molecule has 2 rings (SSSR count). The molecule has 94 valence electrons. The lowest BCUT2D eigenvalue weighted by Gasteiger charge is -2.08. The van der Waals surface area contributed by atoms with Gasteiger partial charge in [0.2, 0.25) is 5.75 Å². The average Bonchev–Trinajstić information content (AvgIpc) is 2.34. The van der Waals surface area contributed by atoms with E-state index in [-0.39, 0.29) is 11.3 Å². The van der Waals surface area contributed by atoms with Crippen molar-refractivity contribution in [3.8, 4) is 11.5 Å². The molecule has 0 bridgehead atoms. The van der Waals surface area contributed by atoms with Crippen LogP contribution in [0.2, 0.25) is 0 Å². The van der Waals surface area contributed by atoms with E-state index in [1.807, 2.05) is 0 Å². The summed E-state index contributed by atoms with van der Waals surface area (Å²) in [6.07, 6.45) is 0.322. The SMILES string of the molecule is C=C(Cc1cc(=O)oc2c(O)c(O)ccc12)OC. The maximum atomic E-state index is 11.4. The van der Waals surface area contributed by atoms with Crippen LogP contribution in [0.4, 0.5) is 0 Å². The lowest BCUT2D eigenvalue weighted by molar-refractivity contribution is 0.285. The van der Waals surface area contributed by atoms with Crippen LogP contribution in [0.25, 0.3) is 11.0 Å². The van der Waals surface area contributed by atoms with Crippen LogP contribution in [0.1, 0.15) is 5.56 Å². The smallest absolute Gasteiger partial charge is 0.336 e. The lowest BCUT2D eigenvalue weighted by atomic mass is 10.1. The molecule has 0 atom stereocenters. The molecule has 1 heterocycles. The third-order valence-electron chi connectivity index (χ3n) is 2.63. The largest absolute Gasteiger partial charge is 0.504 e. The van der Waals surface area contributed by atoms with Gasteiger partial charge in [0.25, 0.3) is 0 Å². The number of hydrogen-bond donors (Lipinski definition) is 2. The van der Waals surface area contributed by atoms with Crippen LogP contribution in [0.3, 0.4) is 0 Å². The van der Waals surface area contributed by atoms with Crippen molar-refractivity contribution in [3.05, 3.63) is 46.5 Å². The molecule has 0 spiro atoms. The van der Waals surface area contributed by atoms with Crippen molar-refractivity contribution in [2.75, 3.05) is 7.11 Å². The molecule has 1 aromatic carbocycles. The summed E-state index contributed by atoms with van der Waals surface area (Å²) in [4.78, 5) is 11.4. The van der Waals surface area contributed by atoms with Gasteiger partial charge < -0.3 is 19.4 Å². The van der Waals surface area contributed by atoms with E-state index < -0.39 is 11.4 Å². The Morgan fingerprint density at radius 3 is 2.83 bits per heavy atom. The molecule has 2 N–H and O–H groups in total. The van der Waals surface area contributed by atoms with Crippen LogP contribution in [0.5, 0.6) is 11.5 Å². The number of benzene rings is 1. The van der Waals surface area contributed by atoms with Gasteiger partial charge in [0.05, 0.1) is 12.9 Å². The zero-order chi connectivity index (χ0) is 13.3. The molecule has 5 nitrogen and oxygen atoms in total. The maximum absolute atomic E-state index is 11.4. The third kappa shape index (κ3) is 2.02. The van der Waals surface area contributed by atoms with E-state index in [0.29, 0.717) is 23.1 Å². The molecular weight excluding hydrogens is 236 g/mol. The molecule has 5 heteroatoms. The molecule has 0 aliphatic heterocycles. The number of phenolic OH excluding ortho intramolecular Hbond substituents is 2. The van der Waals surface area contributed by atoms with Gasteiger partial charge in [0, 0.05) is 17.9 Å². The summed E-state index contributed by atoms with van der Waals surface area (Å²) >= 11 is 0. The number of methoxy groups -OCH3 is 1. The number of allylic oxidation sites excluding steroid dienone is 1. The van der Waals surface area contributed by atoms with Crippen molar-refractivity contribution in [2.24, 2.45) is 0 Å². The molecule has 0 amide bonds. The zero-order valence-corrected chi connectivity index (χ0v) is 9.77. The predicted molar refractivity (Wildman–Crippen MR) is 65.7 cm³/mol. The van der Waals surface area contributed by atoms with Crippen LogP contribution in [-0.2, 0) is 11.2 Å². The molecule has 0 fully saturated rings. The molecule has 0 aliphatic rings. The van der Waals surface area contributed by atoms with Crippen molar-refractivity contribution in [1.29, 1.82) is 0 Å². The fraction of sp³-hybridized carbons (Fsp3) is 0.154. The minimum Gasteiger partial charge on any atom is -0.504 e. The summed E-state index contributed by atoms with van der Waals surface area (Å²) in [6, 6.07) is 4.20. The standard InChI is InChI=1S/C13H12O5/c1-7(17-2)5-8-6-11(15)18-13-9(8)3-4-10(14)12(13)16/h3-4,6,14,16H,1,5H2,2H3. The summed E-state index contributed by atoms with van der Waals surface area (Å²) in [5.41, 5.74) is -0.0351. The van der Waals surface area contributed by atoms with E-state index in [9.17, 15) is 15.0 Å². The summed E-state index contributed by atoms with van der Waals surface area (Å²) in [5.74, 6) is -0.308.